The van der Waals surface area contributed by atoms with Gasteiger partial charge in [0.05, 0.1) is 21.8 Å². The van der Waals surface area contributed by atoms with Crippen molar-refractivity contribution in [2.24, 2.45) is 0 Å². The zero-order valence-corrected chi connectivity index (χ0v) is 10.5. The summed E-state index contributed by atoms with van der Waals surface area (Å²) in [5.74, 6) is 0. The first-order chi connectivity index (χ1) is 7.70. The lowest BCUT2D eigenvalue weighted by atomic mass is 9.87. The maximum atomic E-state index is 6.16. The molecule has 2 atom stereocenters. The van der Waals surface area contributed by atoms with Crippen LogP contribution < -0.4 is 0 Å². The van der Waals surface area contributed by atoms with Gasteiger partial charge >= 0.3 is 0 Å². The number of hydrogen-bond acceptors (Lipinski definition) is 1. The van der Waals surface area contributed by atoms with Crippen molar-refractivity contribution in [3.05, 3.63) is 33.8 Å². The second kappa shape index (κ2) is 3.90. The molecule has 0 aromatic heterocycles. The average Bonchev–Trinajstić information content (AvgIpc) is 2.59. The minimum Gasteiger partial charge on any atom is -0.367 e. The van der Waals surface area contributed by atoms with E-state index in [1.165, 1.54) is 24.8 Å². The molecule has 3 rings (SSSR count). The van der Waals surface area contributed by atoms with Gasteiger partial charge in [0.2, 0.25) is 0 Å². The van der Waals surface area contributed by atoms with Gasteiger partial charge in [-0.25, -0.2) is 0 Å². The van der Waals surface area contributed by atoms with E-state index in [0.717, 1.165) is 12.8 Å². The van der Waals surface area contributed by atoms with E-state index in [0.29, 0.717) is 16.1 Å². The van der Waals surface area contributed by atoms with Crippen LogP contribution in [0.4, 0.5) is 0 Å². The average molecular weight is 257 g/mol. The van der Waals surface area contributed by atoms with Crippen molar-refractivity contribution in [2.45, 2.75) is 43.8 Å². The highest BCUT2D eigenvalue weighted by molar-refractivity contribution is 6.42. The van der Waals surface area contributed by atoms with Gasteiger partial charge in [0.25, 0.3) is 0 Å². The summed E-state index contributed by atoms with van der Waals surface area (Å²) in [5, 5.41) is 1.25. The maximum Gasteiger partial charge on any atom is 0.0936 e. The first-order valence-corrected chi connectivity index (χ1v) is 6.59. The summed E-state index contributed by atoms with van der Waals surface area (Å²) in [6, 6.07) is 5.90. The molecule has 3 heteroatoms. The van der Waals surface area contributed by atoms with E-state index in [4.69, 9.17) is 27.9 Å². The van der Waals surface area contributed by atoms with E-state index in [1.54, 1.807) is 0 Å². The van der Waals surface area contributed by atoms with Gasteiger partial charge in [-0.05, 0) is 49.8 Å². The van der Waals surface area contributed by atoms with Gasteiger partial charge in [0, 0.05) is 0 Å². The predicted molar refractivity (Wildman–Crippen MR) is 66.1 cm³/mol. The standard InChI is InChI=1S/C13H14Cl2O/c14-11-4-3-9(8-12(11)15)13-6-1-2-10(16-13)5-7-13/h3-4,8,10H,1-2,5-7H2. The quantitative estimate of drug-likeness (QED) is 0.717. The van der Waals surface area contributed by atoms with Gasteiger partial charge in [-0.3, -0.25) is 0 Å². The molecule has 2 aliphatic heterocycles. The molecule has 0 amide bonds. The largest absolute Gasteiger partial charge is 0.367 e. The lowest BCUT2D eigenvalue weighted by Gasteiger charge is -2.34. The van der Waals surface area contributed by atoms with Crippen LogP contribution in [-0.2, 0) is 10.3 Å². The Labute approximate surface area is 106 Å². The van der Waals surface area contributed by atoms with Crippen molar-refractivity contribution in [1.82, 2.24) is 0 Å². The van der Waals surface area contributed by atoms with Crippen LogP contribution in [0.15, 0.2) is 18.2 Å². The van der Waals surface area contributed by atoms with Gasteiger partial charge in [-0.15, -0.1) is 0 Å². The number of hydrogen-bond donors (Lipinski definition) is 0. The number of ether oxygens (including phenoxy) is 1. The molecule has 2 bridgehead atoms. The van der Waals surface area contributed by atoms with Gasteiger partial charge in [0.1, 0.15) is 0 Å². The summed E-state index contributed by atoms with van der Waals surface area (Å²) in [7, 11) is 0. The zero-order chi connectivity index (χ0) is 11.2. The minimum absolute atomic E-state index is 0.0723. The Hall–Kier alpha value is -0.240. The molecule has 2 fully saturated rings. The predicted octanol–water partition coefficient (Wildman–Crippen LogP) is 4.55. The SMILES string of the molecule is Clc1ccc(C23CCCC(CC2)O3)cc1Cl. The van der Waals surface area contributed by atoms with Crippen LogP contribution in [0, 0.1) is 0 Å². The third kappa shape index (κ3) is 1.66. The summed E-state index contributed by atoms with van der Waals surface area (Å²) in [6.07, 6.45) is 6.34. The van der Waals surface area contributed by atoms with Crippen LogP contribution in [0.3, 0.4) is 0 Å². The van der Waals surface area contributed by atoms with E-state index in [-0.39, 0.29) is 5.60 Å². The minimum atomic E-state index is -0.0723. The van der Waals surface area contributed by atoms with Gasteiger partial charge in [0.15, 0.2) is 0 Å². The van der Waals surface area contributed by atoms with Crippen LogP contribution in [0.2, 0.25) is 10.0 Å². The molecule has 0 radical (unpaired) electrons. The number of halogens is 2. The molecular weight excluding hydrogens is 243 g/mol. The molecule has 0 spiro atoms. The van der Waals surface area contributed by atoms with Crippen LogP contribution in [-0.4, -0.2) is 6.10 Å². The highest BCUT2D eigenvalue weighted by Crippen LogP contribution is 2.48. The molecule has 86 valence electrons. The molecule has 1 aromatic carbocycles. The summed E-state index contributed by atoms with van der Waals surface area (Å²) in [4.78, 5) is 0. The van der Waals surface area contributed by atoms with Crippen LogP contribution in [0.5, 0.6) is 0 Å². The van der Waals surface area contributed by atoms with Crippen LogP contribution in [0.25, 0.3) is 0 Å². The highest BCUT2D eigenvalue weighted by atomic mass is 35.5. The highest BCUT2D eigenvalue weighted by Gasteiger charge is 2.44. The zero-order valence-electron chi connectivity index (χ0n) is 9.01. The topological polar surface area (TPSA) is 9.23 Å². The molecule has 2 saturated heterocycles. The Morgan fingerprint density at radius 3 is 2.81 bits per heavy atom. The fourth-order valence-electron chi connectivity index (χ4n) is 2.97. The van der Waals surface area contributed by atoms with E-state index < -0.39 is 0 Å². The summed E-state index contributed by atoms with van der Waals surface area (Å²) < 4.78 is 6.16. The fourth-order valence-corrected chi connectivity index (χ4v) is 3.27. The molecule has 2 aliphatic rings. The molecule has 2 heterocycles. The third-order valence-corrected chi connectivity index (χ3v) is 4.55. The monoisotopic (exact) mass is 256 g/mol. The Kier molecular flexibility index (Phi) is 2.66. The summed E-state index contributed by atoms with van der Waals surface area (Å²) >= 11 is 12.0. The maximum absolute atomic E-state index is 6.16. The van der Waals surface area contributed by atoms with Gasteiger partial charge in [-0.1, -0.05) is 29.3 Å². The van der Waals surface area contributed by atoms with Crippen molar-refractivity contribution < 1.29 is 4.74 Å². The summed E-state index contributed by atoms with van der Waals surface area (Å²) in [6.45, 7) is 0. The van der Waals surface area contributed by atoms with Crippen molar-refractivity contribution in [3.8, 4) is 0 Å². The lowest BCUT2D eigenvalue weighted by Crippen LogP contribution is -2.30. The number of fused-ring (bicyclic) bond motifs is 2. The molecule has 16 heavy (non-hydrogen) atoms. The van der Waals surface area contributed by atoms with Gasteiger partial charge < -0.3 is 4.74 Å². The smallest absolute Gasteiger partial charge is 0.0936 e. The first-order valence-electron chi connectivity index (χ1n) is 5.83. The van der Waals surface area contributed by atoms with Crippen molar-refractivity contribution in [2.75, 3.05) is 0 Å². The Bertz CT molecular complexity index is 414. The first kappa shape index (κ1) is 10.9. The number of benzene rings is 1. The van der Waals surface area contributed by atoms with Crippen LogP contribution in [0.1, 0.15) is 37.7 Å². The molecule has 2 unspecified atom stereocenters. The normalized spacial score (nSPS) is 33.0. The van der Waals surface area contributed by atoms with Crippen molar-refractivity contribution >= 4 is 23.2 Å². The fraction of sp³-hybridized carbons (Fsp3) is 0.538. The lowest BCUT2D eigenvalue weighted by molar-refractivity contribution is -0.0815. The molecule has 1 nitrogen and oxygen atoms in total. The van der Waals surface area contributed by atoms with E-state index in [9.17, 15) is 0 Å². The Morgan fingerprint density at radius 2 is 2.00 bits per heavy atom. The van der Waals surface area contributed by atoms with Gasteiger partial charge in [-0.2, -0.15) is 0 Å². The van der Waals surface area contributed by atoms with E-state index in [2.05, 4.69) is 6.07 Å². The second-order valence-corrected chi connectivity index (χ2v) is 5.61. The van der Waals surface area contributed by atoms with Crippen LogP contribution >= 0.6 is 23.2 Å². The van der Waals surface area contributed by atoms with Crippen molar-refractivity contribution in [1.29, 1.82) is 0 Å². The Balaban J connectivity index is 1.99. The molecule has 1 aromatic rings. The molecule has 0 N–H and O–H groups in total. The molecule has 0 saturated carbocycles. The molecular formula is C13H14Cl2O. The van der Waals surface area contributed by atoms with E-state index in [1.807, 2.05) is 12.1 Å². The number of rotatable bonds is 1. The third-order valence-electron chi connectivity index (χ3n) is 3.81. The second-order valence-electron chi connectivity index (χ2n) is 4.79. The van der Waals surface area contributed by atoms with Crippen molar-refractivity contribution in [3.63, 3.8) is 0 Å². The molecule has 0 aliphatic carbocycles. The Morgan fingerprint density at radius 1 is 1.12 bits per heavy atom. The van der Waals surface area contributed by atoms with E-state index >= 15 is 0 Å². The summed E-state index contributed by atoms with van der Waals surface area (Å²) in [5.41, 5.74) is 1.13.